The maximum absolute atomic E-state index is 12.9. The lowest BCUT2D eigenvalue weighted by atomic mass is 9.88. The van der Waals surface area contributed by atoms with Gasteiger partial charge in [-0.05, 0) is 25.2 Å². The Labute approximate surface area is 97.9 Å². The van der Waals surface area contributed by atoms with E-state index in [0.717, 1.165) is 19.3 Å². The Morgan fingerprint density at radius 1 is 1.35 bits per heavy atom. The van der Waals surface area contributed by atoms with Crippen LogP contribution in [0.1, 0.15) is 32.6 Å². The standard InChI is InChI=1S/C9H14F2O5S/c1-6-4-2-3-5-7(6)16-8(12)9(10,11)17(13,14)15/h6-7H,2-5H2,1H3,(H,13,14,15). The molecule has 0 aromatic heterocycles. The van der Waals surface area contributed by atoms with Crippen LogP contribution in [0.15, 0.2) is 0 Å². The van der Waals surface area contributed by atoms with Crippen LogP contribution in [-0.2, 0) is 19.6 Å². The molecule has 0 aromatic rings. The van der Waals surface area contributed by atoms with Gasteiger partial charge in [-0.1, -0.05) is 13.3 Å². The second-order valence-corrected chi connectivity index (χ2v) is 5.66. The molecular formula is C9H14F2O5S. The Balaban J connectivity index is 2.72. The maximum atomic E-state index is 12.9. The highest BCUT2D eigenvalue weighted by Gasteiger charge is 2.55. The number of carbonyl (C=O) groups is 1. The number of hydrogen-bond donors (Lipinski definition) is 1. The summed E-state index contributed by atoms with van der Waals surface area (Å²) in [6.45, 7) is 1.74. The molecule has 1 fully saturated rings. The quantitative estimate of drug-likeness (QED) is 0.623. The van der Waals surface area contributed by atoms with Gasteiger partial charge in [0.1, 0.15) is 6.10 Å². The minimum Gasteiger partial charge on any atom is -0.457 e. The van der Waals surface area contributed by atoms with Gasteiger partial charge in [-0.15, -0.1) is 0 Å². The van der Waals surface area contributed by atoms with Crippen LogP contribution in [0.25, 0.3) is 0 Å². The van der Waals surface area contributed by atoms with Crippen LogP contribution in [0.3, 0.4) is 0 Å². The zero-order valence-corrected chi connectivity index (χ0v) is 10.0. The smallest absolute Gasteiger partial charge is 0.457 e. The third kappa shape index (κ3) is 3.12. The minimum absolute atomic E-state index is 0.0927. The van der Waals surface area contributed by atoms with Crippen LogP contribution in [-0.4, -0.2) is 30.3 Å². The summed E-state index contributed by atoms with van der Waals surface area (Å²) in [5.41, 5.74) is 0. The Morgan fingerprint density at radius 2 is 1.88 bits per heavy atom. The number of alkyl halides is 2. The lowest BCUT2D eigenvalue weighted by Gasteiger charge is -2.29. The van der Waals surface area contributed by atoms with Crippen molar-refractivity contribution in [2.45, 2.75) is 44.0 Å². The summed E-state index contributed by atoms with van der Waals surface area (Å²) in [7, 11) is -5.78. The third-order valence-electron chi connectivity index (χ3n) is 2.85. The van der Waals surface area contributed by atoms with E-state index >= 15 is 0 Å². The molecule has 1 aliphatic carbocycles. The fourth-order valence-corrected chi connectivity index (χ4v) is 2.03. The summed E-state index contributed by atoms with van der Waals surface area (Å²) in [6.07, 6.45) is 2.09. The average molecular weight is 272 g/mol. The van der Waals surface area contributed by atoms with Gasteiger partial charge in [0.05, 0.1) is 0 Å². The van der Waals surface area contributed by atoms with Crippen molar-refractivity contribution >= 4 is 16.1 Å². The summed E-state index contributed by atoms with van der Waals surface area (Å²) in [5, 5.41) is -4.90. The number of rotatable bonds is 3. The fourth-order valence-electron chi connectivity index (χ4n) is 1.77. The molecule has 8 heteroatoms. The highest BCUT2D eigenvalue weighted by atomic mass is 32.2. The molecule has 0 bridgehead atoms. The number of carbonyl (C=O) groups excluding carboxylic acids is 1. The minimum atomic E-state index is -5.78. The van der Waals surface area contributed by atoms with Crippen LogP contribution in [0, 0.1) is 5.92 Å². The van der Waals surface area contributed by atoms with Gasteiger partial charge in [0.25, 0.3) is 0 Å². The van der Waals surface area contributed by atoms with E-state index in [1.54, 1.807) is 6.92 Å². The van der Waals surface area contributed by atoms with E-state index in [1.807, 2.05) is 0 Å². The molecule has 1 N–H and O–H groups in total. The van der Waals surface area contributed by atoms with Crippen molar-refractivity contribution < 1.29 is 31.3 Å². The lowest BCUT2D eigenvalue weighted by molar-refractivity contribution is -0.171. The van der Waals surface area contributed by atoms with Gasteiger partial charge in [0.2, 0.25) is 0 Å². The van der Waals surface area contributed by atoms with Crippen molar-refractivity contribution in [3.63, 3.8) is 0 Å². The molecule has 2 atom stereocenters. The molecule has 1 saturated carbocycles. The van der Waals surface area contributed by atoms with Crippen LogP contribution in [0.5, 0.6) is 0 Å². The van der Waals surface area contributed by atoms with Gasteiger partial charge >= 0.3 is 21.3 Å². The van der Waals surface area contributed by atoms with Gasteiger partial charge in [-0.2, -0.15) is 17.2 Å². The predicted molar refractivity (Wildman–Crippen MR) is 54.0 cm³/mol. The summed E-state index contributed by atoms with van der Waals surface area (Å²) < 4.78 is 59.1. The van der Waals surface area contributed by atoms with Crippen molar-refractivity contribution in [2.24, 2.45) is 5.92 Å². The maximum Gasteiger partial charge on any atom is 0.465 e. The van der Waals surface area contributed by atoms with Crippen molar-refractivity contribution in [1.29, 1.82) is 0 Å². The van der Waals surface area contributed by atoms with E-state index in [-0.39, 0.29) is 5.92 Å². The molecule has 5 nitrogen and oxygen atoms in total. The Morgan fingerprint density at radius 3 is 2.35 bits per heavy atom. The van der Waals surface area contributed by atoms with Crippen LogP contribution in [0.4, 0.5) is 8.78 Å². The Bertz CT molecular complexity index is 392. The molecule has 0 spiro atoms. The van der Waals surface area contributed by atoms with Gasteiger partial charge < -0.3 is 4.74 Å². The molecular weight excluding hydrogens is 258 g/mol. The monoisotopic (exact) mass is 272 g/mol. The van der Waals surface area contributed by atoms with Crippen LogP contribution in [0.2, 0.25) is 0 Å². The predicted octanol–water partition coefficient (Wildman–Crippen LogP) is 1.59. The molecule has 100 valence electrons. The normalized spacial score (nSPS) is 26.6. The summed E-state index contributed by atoms with van der Waals surface area (Å²) in [4.78, 5) is 11.0. The Hall–Kier alpha value is -0.760. The highest BCUT2D eigenvalue weighted by Crippen LogP contribution is 2.29. The van der Waals surface area contributed by atoms with E-state index in [2.05, 4.69) is 4.74 Å². The zero-order valence-electron chi connectivity index (χ0n) is 9.23. The van der Waals surface area contributed by atoms with Gasteiger partial charge in [-0.3, -0.25) is 4.55 Å². The van der Waals surface area contributed by atoms with E-state index in [4.69, 9.17) is 4.55 Å². The SMILES string of the molecule is CC1CCCCC1OC(=O)C(F)(F)S(=O)(=O)O. The molecule has 0 aliphatic heterocycles. The average Bonchev–Trinajstić information content (AvgIpc) is 2.19. The van der Waals surface area contributed by atoms with E-state index in [1.165, 1.54) is 0 Å². The second-order valence-electron chi connectivity index (χ2n) is 4.20. The number of halogens is 2. The van der Waals surface area contributed by atoms with Crippen molar-refractivity contribution in [3.8, 4) is 0 Å². The van der Waals surface area contributed by atoms with E-state index in [9.17, 15) is 22.0 Å². The number of hydrogen-bond acceptors (Lipinski definition) is 4. The first kappa shape index (κ1) is 14.3. The number of ether oxygens (including phenoxy) is 1. The second kappa shape index (κ2) is 4.85. The van der Waals surface area contributed by atoms with Gasteiger partial charge in [0.15, 0.2) is 0 Å². The molecule has 0 saturated heterocycles. The van der Waals surface area contributed by atoms with E-state index in [0.29, 0.717) is 6.42 Å². The van der Waals surface area contributed by atoms with Crippen molar-refractivity contribution in [3.05, 3.63) is 0 Å². The first-order valence-electron chi connectivity index (χ1n) is 5.22. The van der Waals surface area contributed by atoms with Gasteiger partial charge in [0, 0.05) is 0 Å². The third-order valence-corrected chi connectivity index (χ3v) is 3.67. The summed E-state index contributed by atoms with van der Waals surface area (Å²) in [6, 6.07) is 0. The highest BCUT2D eigenvalue weighted by molar-refractivity contribution is 7.87. The molecule has 1 aliphatic rings. The van der Waals surface area contributed by atoms with Crippen molar-refractivity contribution in [1.82, 2.24) is 0 Å². The first-order valence-corrected chi connectivity index (χ1v) is 6.66. The van der Waals surface area contributed by atoms with Crippen molar-refractivity contribution in [2.75, 3.05) is 0 Å². The van der Waals surface area contributed by atoms with Gasteiger partial charge in [-0.25, -0.2) is 4.79 Å². The summed E-state index contributed by atoms with van der Waals surface area (Å²) >= 11 is 0. The Kier molecular flexibility index (Phi) is 4.08. The molecule has 2 unspecified atom stereocenters. The largest absolute Gasteiger partial charge is 0.465 e. The van der Waals surface area contributed by atoms with Crippen LogP contribution >= 0.6 is 0 Å². The molecule has 0 heterocycles. The summed E-state index contributed by atoms with van der Waals surface area (Å²) in [5.74, 6) is -2.30. The molecule has 0 aromatic carbocycles. The zero-order chi connectivity index (χ0) is 13.3. The topological polar surface area (TPSA) is 80.7 Å². The molecule has 1 rings (SSSR count). The molecule has 0 radical (unpaired) electrons. The first-order chi connectivity index (χ1) is 7.66. The molecule has 17 heavy (non-hydrogen) atoms. The fraction of sp³-hybridized carbons (Fsp3) is 0.889. The number of esters is 1. The lowest BCUT2D eigenvalue weighted by Crippen LogP contribution is -2.42. The van der Waals surface area contributed by atoms with E-state index < -0.39 is 27.4 Å². The van der Waals surface area contributed by atoms with Crippen LogP contribution < -0.4 is 0 Å². The molecule has 0 amide bonds.